The number of hydrogen-bond donors (Lipinski definition) is 1. The van der Waals surface area contributed by atoms with E-state index in [2.05, 4.69) is 15.5 Å². The number of amides is 1. The van der Waals surface area contributed by atoms with Gasteiger partial charge < -0.3 is 13.9 Å². The number of anilines is 1. The molecule has 0 saturated carbocycles. The van der Waals surface area contributed by atoms with Crippen LogP contribution in [0.1, 0.15) is 13.8 Å². The van der Waals surface area contributed by atoms with Crippen LogP contribution >= 0.6 is 0 Å². The van der Waals surface area contributed by atoms with Crippen molar-refractivity contribution >= 4 is 11.9 Å². The number of nitrogens with zero attached hydrogens (tertiary/aromatic N) is 2. The van der Waals surface area contributed by atoms with Crippen molar-refractivity contribution in [1.82, 2.24) is 10.2 Å². The van der Waals surface area contributed by atoms with Crippen LogP contribution in [0.4, 0.5) is 6.01 Å². The molecule has 112 valence electrons. The number of carbonyl (C=O) groups excluding carboxylic acids is 1. The van der Waals surface area contributed by atoms with E-state index in [4.69, 9.17) is 13.9 Å². The van der Waals surface area contributed by atoms with Crippen LogP contribution in [0, 0.1) is 5.92 Å². The summed E-state index contributed by atoms with van der Waals surface area (Å²) in [5.41, 5.74) is 0.592. The summed E-state index contributed by atoms with van der Waals surface area (Å²) in [6.45, 7) is 3.55. The summed E-state index contributed by atoms with van der Waals surface area (Å²) >= 11 is 0. The van der Waals surface area contributed by atoms with Gasteiger partial charge in [0.15, 0.2) is 0 Å². The van der Waals surface area contributed by atoms with E-state index in [1.165, 1.54) is 0 Å². The van der Waals surface area contributed by atoms with E-state index in [0.717, 1.165) is 0 Å². The number of carbonyl (C=O) groups is 1. The lowest BCUT2D eigenvalue weighted by atomic mass is 10.2. The van der Waals surface area contributed by atoms with Gasteiger partial charge in [0.1, 0.15) is 11.5 Å². The molecule has 0 fully saturated rings. The van der Waals surface area contributed by atoms with Crippen molar-refractivity contribution < 1.29 is 18.7 Å². The van der Waals surface area contributed by atoms with Gasteiger partial charge in [-0.15, -0.1) is 5.10 Å². The fourth-order valence-corrected chi connectivity index (χ4v) is 1.61. The molecule has 21 heavy (non-hydrogen) atoms. The molecule has 0 radical (unpaired) electrons. The number of rotatable bonds is 5. The molecule has 1 heterocycles. The van der Waals surface area contributed by atoms with Crippen LogP contribution in [0.15, 0.2) is 22.6 Å². The minimum atomic E-state index is -0.192. The average Bonchev–Trinajstić information content (AvgIpc) is 2.94. The Bertz CT molecular complexity index is 637. The van der Waals surface area contributed by atoms with Crippen LogP contribution < -0.4 is 14.8 Å². The summed E-state index contributed by atoms with van der Waals surface area (Å²) in [6, 6.07) is 5.28. The van der Waals surface area contributed by atoms with Gasteiger partial charge in [0.2, 0.25) is 5.91 Å². The Morgan fingerprint density at radius 3 is 2.62 bits per heavy atom. The first-order valence-corrected chi connectivity index (χ1v) is 6.42. The van der Waals surface area contributed by atoms with Crippen LogP contribution in [-0.2, 0) is 4.79 Å². The highest BCUT2D eigenvalue weighted by molar-refractivity contribution is 5.90. The lowest BCUT2D eigenvalue weighted by Crippen LogP contribution is -2.17. The number of methoxy groups -OCH3 is 2. The van der Waals surface area contributed by atoms with Crippen molar-refractivity contribution in [1.29, 1.82) is 0 Å². The Hall–Kier alpha value is -2.57. The summed E-state index contributed by atoms with van der Waals surface area (Å²) in [5.74, 6) is 1.08. The summed E-state index contributed by atoms with van der Waals surface area (Å²) < 4.78 is 15.9. The average molecular weight is 291 g/mol. The highest BCUT2D eigenvalue weighted by Crippen LogP contribution is 2.33. The number of aromatic nitrogens is 2. The Morgan fingerprint density at radius 2 is 2.00 bits per heavy atom. The van der Waals surface area contributed by atoms with E-state index in [1.54, 1.807) is 46.3 Å². The SMILES string of the molecule is COc1ccc(OC)c(-c2nnc(NC(=O)C(C)C)o2)c1. The zero-order chi connectivity index (χ0) is 15.4. The van der Waals surface area contributed by atoms with E-state index in [0.29, 0.717) is 17.1 Å². The van der Waals surface area contributed by atoms with E-state index in [-0.39, 0.29) is 23.7 Å². The van der Waals surface area contributed by atoms with E-state index >= 15 is 0 Å². The quantitative estimate of drug-likeness (QED) is 0.910. The van der Waals surface area contributed by atoms with Crippen molar-refractivity contribution in [2.45, 2.75) is 13.8 Å². The van der Waals surface area contributed by atoms with Crippen molar-refractivity contribution in [2.24, 2.45) is 5.92 Å². The molecule has 0 bridgehead atoms. The summed E-state index contributed by atoms with van der Waals surface area (Å²) in [4.78, 5) is 11.6. The summed E-state index contributed by atoms with van der Waals surface area (Å²) in [7, 11) is 3.11. The molecule has 1 N–H and O–H groups in total. The molecular formula is C14H17N3O4. The second-order valence-electron chi connectivity index (χ2n) is 4.62. The molecule has 0 saturated heterocycles. The minimum Gasteiger partial charge on any atom is -0.497 e. The predicted octanol–water partition coefficient (Wildman–Crippen LogP) is 2.35. The highest BCUT2D eigenvalue weighted by atomic mass is 16.5. The molecule has 0 atom stereocenters. The van der Waals surface area contributed by atoms with Crippen LogP contribution in [-0.4, -0.2) is 30.3 Å². The van der Waals surface area contributed by atoms with Gasteiger partial charge in [0.25, 0.3) is 5.89 Å². The fourth-order valence-electron chi connectivity index (χ4n) is 1.61. The first-order valence-electron chi connectivity index (χ1n) is 6.42. The summed E-state index contributed by atoms with van der Waals surface area (Å²) in [6.07, 6.45) is 0. The molecule has 0 aliphatic rings. The van der Waals surface area contributed by atoms with Gasteiger partial charge in [-0.3, -0.25) is 10.1 Å². The van der Waals surface area contributed by atoms with Gasteiger partial charge in [0.05, 0.1) is 19.8 Å². The molecule has 0 aliphatic heterocycles. The number of benzene rings is 1. The van der Waals surface area contributed by atoms with Gasteiger partial charge in [-0.1, -0.05) is 18.9 Å². The lowest BCUT2D eigenvalue weighted by Gasteiger charge is -2.07. The van der Waals surface area contributed by atoms with Crippen molar-refractivity contribution in [3.63, 3.8) is 0 Å². The van der Waals surface area contributed by atoms with Gasteiger partial charge in [-0.05, 0) is 18.2 Å². The molecule has 2 aromatic rings. The highest BCUT2D eigenvalue weighted by Gasteiger charge is 2.17. The molecule has 7 nitrogen and oxygen atoms in total. The standard InChI is InChI=1S/C14H17N3O4/c1-8(2)12(18)15-14-17-16-13(21-14)10-7-9(19-3)5-6-11(10)20-4/h5-8H,1-4H3,(H,15,17,18). The molecule has 2 rings (SSSR count). The largest absolute Gasteiger partial charge is 0.497 e. The lowest BCUT2D eigenvalue weighted by molar-refractivity contribution is -0.119. The Labute approximate surface area is 122 Å². The molecule has 0 aliphatic carbocycles. The Balaban J connectivity index is 2.30. The maximum atomic E-state index is 11.6. The third kappa shape index (κ3) is 3.31. The first kappa shape index (κ1) is 14.8. The van der Waals surface area contributed by atoms with Gasteiger partial charge in [0, 0.05) is 5.92 Å². The third-order valence-electron chi connectivity index (χ3n) is 2.82. The van der Waals surface area contributed by atoms with Crippen molar-refractivity contribution in [3.8, 4) is 23.0 Å². The van der Waals surface area contributed by atoms with Crippen LogP contribution in [0.5, 0.6) is 11.5 Å². The topological polar surface area (TPSA) is 86.5 Å². The second-order valence-corrected chi connectivity index (χ2v) is 4.62. The minimum absolute atomic E-state index is 0.0496. The zero-order valence-electron chi connectivity index (χ0n) is 12.3. The molecular weight excluding hydrogens is 274 g/mol. The third-order valence-corrected chi connectivity index (χ3v) is 2.82. The smallest absolute Gasteiger partial charge is 0.322 e. The zero-order valence-corrected chi connectivity index (χ0v) is 12.3. The molecule has 1 amide bonds. The number of ether oxygens (including phenoxy) is 2. The van der Waals surface area contributed by atoms with Crippen molar-refractivity contribution in [2.75, 3.05) is 19.5 Å². The van der Waals surface area contributed by atoms with Crippen LogP contribution in [0.3, 0.4) is 0 Å². The second kappa shape index (κ2) is 6.25. The van der Waals surface area contributed by atoms with Crippen LogP contribution in [0.2, 0.25) is 0 Å². The Kier molecular flexibility index (Phi) is 4.42. The molecule has 7 heteroatoms. The normalized spacial score (nSPS) is 10.5. The molecule has 1 aromatic carbocycles. The van der Waals surface area contributed by atoms with E-state index in [9.17, 15) is 4.79 Å². The maximum absolute atomic E-state index is 11.6. The molecule has 0 unspecified atom stereocenters. The number of nitrogens with one attached hydrogen (secondary N) is 1. The molecule has 0 spiro atoms. The van der Waals surface area contributed by atoms with Gasteiger partial charge in [-0.25, -0.2) is 0 Å². The maximum Gasteiger partial charge on any atom is 0.322 e. The monoisotopic (exact) mass is 291 g/mol. The van der Waals surface area contributed by atoms with Crippen molar-refractivity contribution in [3.05, 3.63) is 18.2 Å². The van der Waals surface area contributed by atoms with Gasteiger partial charge in [-0.2, -0.15) is 0 Å². The number of hydrogen-bond acceptors (Lipinski definition) is 6. The van der Waals surface area contributed by atoms with E-state index in [1.807, 2.05) is 0 Å². The van der Waals surface area contributed by atoms with Gasteiger partial charge >= 0.3 is 6.01 Å². The first-order chi connectivity index (χ1) is 10.0. The fraction of sp³-hybridized carbons (Fsp3) is 0.357. The molecule has 1 aromatic heterocycles. The van der Waals surface area contributed by atoms with Crippen LogP contribution in [0.25, 0.3) is 11.5 Å². The predicted molar refractivity (Wildman–Crippen MR) is 76.3 cm³/mol. The Morgan fingerprint density at radius 1 is 1.24 bits per heavy atom. The van der Waals surface area contributed by atoms with E-state index < -0.39 is 0 Å². The summed E-state index contributed by atoms with van der Waals surface area (Å²) in [5, 5.41) is 10.3.